The SMILES string of the molecule is CN1C2CC[C@@H]1C[C@H](C1CCC(Cl)CC1)C2c1nnc(-c2ccccc2)o1. The Labute approximate surface area is 166 Å². The van der Waals surface area contributed by atoms with Crippen molar-refractivity contribution in [3.63, 3.8) is 0 Å². The molecular weight excluding hydrogens is 358 g/mol. The van der Waals surface area contributed by atoms with E-state index in [1.165, 1.54) is 32.1 Å². The Hall–Kier alpha value is -1.39. The number of likely N-dealkylation sites (N-methyl/N-ethyl adjacent to an activating group) is 1. The minimum absolute atomic E-state index is 0.357. The zero-order valence-electron chi connectivity index (χ0n) is 15.9. The van der Waals surface area contributed by atoms with Crippen molar-refractivity contribution in [3.05, 3.63) is 36.2 Å². The smallest absolute Gasteiger partial charge is 0.247 e. The molecular formula is C22H28ClN3O. The number of nitrogens with zero attached hydrogens (tertiary/aromatic N) is 3. The third kappa shape index (κ3) is 3.21. The Kier molecular flexibility index (Phi) is 4.73. The number of hydrogen-bond acceptors (Lipinski definition) is 4. The molecule has 4 atom stereocenters. The standard InChI is InChI=1S/C22H28ClN3O/c1-26-17-11-12-19(26)20(18(13-17)14-7-9-16(23)10-8-14)22-25-24-21(27-22)15-5-3-2-4-6-15/h2-6,14,16-20H,7-13H2,1H3/t14?,16?,17-,18-,19?,20?/m1/s1. The molecule has 1 aromatic carbocycles. The van der Waals surface area contributed by atoms with Gasteiger partial charge in [0.25, 0.3) is 0 Å². The highest BCUT2D eigenvalue weighted by Gasteiger charge is 2.50. The van der Waals surface area contributed by atoms with Gasteiger partial charge >= 0.3 is 0 Å². The van der Waals surface area contributed by atoms with Crippen LogP contribution in [0.3, 0.4) is 0 Å². The molecule has 3 fully saturated rings. The minimum atomic E-state index is 0.357. The second kappa shape index (κ2) is 7.21. The van der Waals surface area contributed by atoms with Gasteiger partial charge in [-0.15, -0.1) is 21.8 Å². The summed E-state index contributed by atoms with van der Waals surface area (Å²) in [7, 11) is 2.29. The zero-order valence-corrected chi connectivity index (χ0v) is 16.7. The van der Waals surface area contributed by atoms with Gasteiger partial charge in [0.05, 0.1) is 5.92 Å². The van der Waals surface area contributed by atoms with Gasteiger partial charge in [0.2, 0.25) is 11.8 Å². The number of piperidine rings is 1. The second-order valence-corrected chi connectivity index (χ2v) is 9.33. The zero-order chi connectivity index (χ0) is 18.4. The normalized spacial score (nSPS) is 36.8. The summed E-state index contributed by atoms with van der Waals surface area (Å²) in [5.74, 6) is 3.25. The van der Waals surface area contributed by atoms with E-state index in [1.807, 2.05) is 30.3 Å². The fourth-order valence-electron chi connectivity index (χ4n) is 5.91. The summed E-state index contributed by atoms with van der Waals surface area (Å²) in [6.45, 7) is 0. The summed E-state index contributed by atoms with van der Waals surface area (Å²) in [5, 5.41) is 9.33. The van der Waals surface area contributed by atoms with Gasteiger partial charge < -0.3 is 4.42 Å². The van der Waals surface area contributed by atoms with E-state index < -0.39 is 0 Å². The third-order valence-electron chi connectivity index (χ3n) is 7.37. The van der Waals surface area contributed by atoms with Crippen molar-refractivity contribution in [1.29, 1.82) is 0 Å². The van der Waals surface area contributed by atoms with Crippen molar-refractivity contribution in [1.82, 2.24) is 15.1 Å². The first-order valence-corrected chi connectivity index (χ1v) is 10.9. The van der Waals surface area contributed by atoms with Gasteiger partial charge in [-0.25, -0.2) is 0 Å². The molecule has 3 aliphatic rings. The molecule has 5 heteroatoms. The second-order valence-electron chi connectivity index (χ2n) is 8.71. The molecule has 2 aromatic rings. The average Bonchev–Trinajstić information content (AvgIpc) is 3.26. The molecule has 2 aliphatic heterocycles. The summed E-state index contributed by atoms with van der Waals surface area (Å²) in [5.41, 5.74) is 1.00. The van der Waals surface area contributed by atoms with Crippen LogP contribution in [0.4, 0.5) is 0 Å². The van der Waals surface area contributed by atoms with E-state index in [0.717, 1.165) is 36.3 Å². The van der Waals surface area contributed by atoms with Crippen LogP contribution in [0.15, 0.2) is 34.7 Å². The van der Waals surface area contributed by atoms with E-state index in [0.29, 0.717) is 29.1 Å². The van der Waals surface area contributed by atoms with E-state index in [1.54, 1.807) is 0 Å². The number of halogens is 1. The number of alkyl halides is 1. The fraction of sp³-hybridized carbons (Fsp3) is 0.636. The molecule has 5 rings (SSSR count). The van der Waals surface area contributed by atoms with Gasteiger partial charge in [0.15, 0.2) is 0 Å². The molecule has 4 nitrogen and oxygen atoms in total. The molecule has 0 N–H and O–H groups in total. The van der Waals surface area contributed by atoms with E-state index in [9.17, 15) is 0 Å². The number of rotatable bonds is 3. The maximum absolute atomic E-state index is 6.39. The van der Waals surface area contributed by atoms with Crippen molar-refractivity contribution < 1.29 is 4.42 Å². The van der Waals surface area contributed by atoms with Crippen molar-refractivity contribution in [2.75, 3.05) is 7.05 Å². The van der Waals surface area contributed by atoms with Crippen molar-refractivity contribution in [2.24, 2.45) is 11.8 Å². The van der Waals surface area contributed by atoms with Crippen LogP contribution in [0.1, 0.15) is 56.8 Å². The molecule has 1 aromatic heterocycles. The Morgan fingerprint density at radius 1 is 1.00 bits per heavy atom. The van der Waals surface area contributed by atoms with Gasteiger partial charge in [0.1, 0.15) is 0 Å². The maximum atomic E-state index is 6.39. The number of aromatic nitrogens is 2. The van der Waals surface area contributed by atoms with Crippen LogP contribution in [-0.2, 0) is 0 Å². The van der Waals surface area contributed by atoms with Gasteiger partial charge in [-0.1, -0.05) is 18.2 Å². The van der Waals surface area contributed by atoms with Gasteiger partial charge in [-0.05, 0) is 76.0 Å². The highest BCUT2D eigenvalue weighted by molar-refractivity contribution is 6.20. The van der Waals surface area contributed by atoms with E-state index in [4.69, 9.17) is 16.0 Å². The summed E-state index contributed by atoms with van der Waals surface area (Å²) >= 11 is 6.39. The van der Waals surface area contributed by atoms with Gasteiger partial charge in [-0.2, -0.15) is 0 Å². The van der Waals surface area contributed by atoms with Gasteiger partial charge in [-0.3, -0.25) is 4.90 Å². The van der Waals surface area contributed by atoms with Crippen LogP contribution >= 0.6 is 11.6 Å². The molecule has 0 radical (unpaired) electrons. The predicted octanol–water partition coefficient (Wildman–Crippen LogP) is 5.10. The molecule has 0 spiro atoms. The molecule has 2 bridgehead atoms. The lowest BCUT2D eigenvalue weighted by Gasteiger charge is -2.45. The highest BCUT2D eigenvalue weighted by Crippen LogP contribution is 2.51. The molecule has 1 aliphatic carbocycles. The van der Waals surface area contributed by atoms with E-state index in [2.05, 4.69) is 22.1 Å². The first kappa shape index (κ1) is 17.7. The summed E-state index contributed by atoms with van der Waals surface area (Å²) in [6, 6.07) is 11.4. The van der Waals surface area contributed by atoms with Crippen molar-refractivity contribution in [3.8, 4) is 11.5 Å². The lowest BCUT2D eigenvalue weighted by Crippen LogP contribution is -2.47. The first-order chi connectivity index (χ1) is 13.2. The number of fused-ring (bicyclic) bond motifs is 2. The Balaban J connectivity index is 1.46. The van der Waals surface area contributed by atoms with Crippen LogP contribution < -0.4 is 0 Å². The lowest BCUT2D eigenvalue weighted by atomic mass is 9.68. The topological polar surface area (TPSA) is 42.2 Å². The van der Waals surface area contributed by atoms with E-state index >= 15 is 0 Å². The molecule has 2 unspecified atom stereocenters. The van der Waals surface area contributed by atoms with Crippen LogP contribution in [0.2, 0.25) is 0 Å². The molecule has 1 saturated carbocycles. The number of hydrogen-bond donors (Lipinski definition) is 0. The van der Waals surface area contributed by atoms with Gasteiger partial charge in [0, 0.05) is 23.0 Å². The molecule has 2 saturated heterocycles. The van der Waals surface area contributed by atoms with Crippen LogP contribution in [0.5, 0.6) is 0 Å². The summed E-state index contributed by atoms with van der Waals surface area (Å²) < 4.78 is 6.28. The quantitative estimate of drug-likeness (QED) is 0.689. The van der Waals surface area contributed by atoms with Crippen molar-refractivity contribution >= 4 is 11.6 Å². The molecule has 144 valence electrons. The minimum Gasteiger partial charge on any atom is -0.420 e. The molecule has 0 amide bonds. The van der Waals surface area contributed by atoms with Crippen molar-refractivity contribution in [2.45, 2.75) is 68.3 Å². The largest absolute Gasteiger partial charge is 0.420 e. The molecule has 3 heterocycles. The fourth-order valence-corrected chi connectivity index (χ4v) is 6.16. The molecule has 27 heavy (non-hydrogen) atoms. The Morgan fingerprint density at radius 2 is 1.78 bits per heavy atom. The van der Waals surface area contributed by atoms with Crippen LogP contribution in [0.25, 0.3) is 11.5 Å². The summed E-state index contributed by atoms with van der Waals surface area (Å²) in [4.78, 5) is 2.58. The highest BCUT2D eigenvalue weighted by atomic mass is 35.5. The Morgan fingerprint density at radius 3 is 2.56 bits per heavy atom. The van der Waals surface area contributed by atoms with E-state index in [-0.39, 0.29) is 0 Å². The Bertz CT molecular complexity index is 771. The predicted molar refractivity (Wildman–Crippen MR) is 107 cm³/mol. The third-order valence-corrected chi connectivity index (χ3v) is 7.80. The average molecular weight is 386 g/mol. The maximum Gasteiger partial charge on any atom is 0.247 e. The summed E-state index contributed by atoms with van der Waals surface area (Å²) in [6.07, 6.45) is 8.61. The van der Waals surface area contributed by atoms with Crippen LogP contribution in [-0.4, -0.2) is 39.6 Å². The van der Waals surface area contributed by atoms with Crippen LogP contribution in [0, 0.1) is 11.8 Å². The number of benzene rings is 1. The first-order valence-electron chi connectivity index (χ1n) is 10.5. The lowest BCUT2D eigenvalue weighted by molar-refractivity contribution is 0.0525. The monoisotopic (exact) mass is 385 g/mol.